The minimum atomic E-state index is -0.950. The lowest BCUT2D eigenvalue weighted by Gasteiger charge is -2.31. The van der Waals surface area contributed by atoms with E-state index in [2.05, 4.69) is 32.6 Å². The molecular weight excluding hydrogens is 292 g/mol. The highest BCUT2D eigenvalue weighted by Crippen LogP contribution is 2.38. The first-order valence-corrected chi connectivity index (χ1v) is 12.3. The van der Waals surface area contributed by atoms with E-state index in [1.165, 1.54) is 70.6 Å². The predicted octanol–water partition coefficient (Wildman–Crippen LogP) is 6.68. The summed E-state index contributed by atoms with van der Waals surface area (Å²) in [6, 6.07) is 0. The van der Waals surface area contributed by atoms with Gasteiger partial charge in [0.05, 0.1) is 0 Å². The van der Waals surface area contributed by atoms with Crippen molar-refractivity contribution in [2.45, 2.75) is 97.2 Å². The van der Waals surface area contributed by atoms with Crippen LogP contribution in [0.25, 0.3) is 0 Å². The summed E-state index contributed by atoms with van der Waals surface area (Å²) in [6.07, 6.45) is 22.1. The Morgan fingerprint density at radius 1 is 0.682 bits per heavy atom. The normalized spacial score (nSPS) is 14.2. The van der Waals surface area contributed by atoms with E-state index in [-0.39, 0.29) is 6.29 Å². The summed E-state index contributed by atoms with van der Waals surface area (Å²) in [5.74, 6) is 0. The molecule has 0 saturated heterocycles. The first-order chi connectivity index (χ1) is 10.5. The van der Waals surface area contributed by atoms with Crippen molar-refractivity contribution in [1.82, 2.24) is 0 Å². The molecule has 0 heterocycles. The Balaban J connectivity index is 3.78. The van der Waals surface area contributed by atoms with E-state index in [9.17, 15) is 0 Å². The third kappa shape index (κ3) is 16.6. The molecule has 0 aromatic heterocycles. The Kier molecular flexibility index (Phi) is 15.0. The number of ether oxygens (including phenoxy) is 1. The van der Waals surface area contributed by atoms with Crippen LogP contribution in [0.1, 0.15) is 90.9 Å². The van der Waals surface area contributed by atoms with Crippen LogP contribution >= 0.6 is 10.3 Å². The molecule has 22 heavy (non-hydrogen) atoms. The Bertz CT molecular complexity index is 226. The average Bonchev–Trinajstić information content (AvgIpc) is 2.44. The topological polar surface area (TPSA) is 18.5 Å². The predicted molar refractivity (Wildman–Crippen MR) is 103 cm³/mol. The van der Waals surface area contributed by atoms with Crippen molar-refractivity contribution in [1.29, 1.82) is 0 Å². The molecule has 1 unspecified atom stereocenters. The molecule has 0 aliphatic heterocycles. The van der Waals surface area contributed by atoms with Gasteiger partial charge in [-0.3, -0.25) is 0 Å². The maximum atomic E-state index is 6.15. The van der Waals surface area contributed by atoms with Gasteiger partial charge in [0.1, 0.15) is 0 Å². The maximum Gasteiger partial charge on any atom is 0.168 e. The third-order valence-corrected chi connectivity index (χ3v) is 4.53. The molecule has 0 radical (unpaired) electrons. The summed E-state index contributed by atoms with van der Waals surface area (Å²) in [5, 5.41) is 0. The molecule has 0 aromatic carbocycles. The summed E-state index contributed by atoms with van der Waals surface area (Å²) in [4.78, 5) is 0. The summed E-state index contributed by atoms with van der Waals surface area (Å²) >= 11 is 0. The summed E-state index contributed by atoms with van der Waals surface area (Å²) in [7, 11) is -0.950. The molecule has 0 spiro atoms. The fourth-order valence-electron chi connectivity index (χ4n) is 2.49. The van der Waals surface area contributed by atoms with E-state index in [1.54, 1.807) is 0 Å². The minimum absolute atomic E-state index is 0.0206. The summed E-state index contributed by atoms with van der Waals surface area (Å²) in [6.45, 7) is 5.39. The van der Waals surface area contributed by atoms with E-state index >= 15 is 0 Å². The second-order valence-corrected chi connectivity index (χ2v) is 10.7. The molecule has 1 atom stereocenters. The molecule has 3 heteroatoms. The third-order valence-electron chi connectivity index (χ3n) is 3.74. The van der Waals surface area contributed by atoms with Crippen molar-refractivity contribution in [2.24, 2.45) is 0 Å². The lowest BCUT2D eigenvalue weighted by molar-refractivity contribution is -0.0786. The molecule has 0 fully saturated rings. The van der Waals surface area contributed by atoms with Crippen molar-refractivity contribution in [2.75, 3.05) is 25.4 Å². The van der Waals surface area contributed by atoms with Gasteiger partial charge in [0.15, 0.2) is 6.29 Å². The van der Waals surface area contributed by atoms with Crippen molar-refractivity contribution in [3.8, 4) is 0 Å². The fourth-order valence-corrected chi connectivity index (χ4v) is 3.29. The SMILES string of the molecule is CCCCCCCCOC(CCCCCCC)OS(C)(C)C. The first-order valence-electron chi connectivity index (χ1n) is 9.47. The molecule has 0 rings (SSSR count). The van der Waals surface area contributed by atoms with Crippen molar-refractivity contribution < 1.29 is 8.92 Å². The monoisotopic (exact) mass is 334 g/mol. The number of unbranched alkanes of at least 4 members (excludes halogenated alkanes) is 9. The van der Waals surface area contributed by atoms with Crippen LogP contribution in [-0.2, 0) is 8.92 Å². The highest BCUT2D eigenvalue weighted by Gasteiger charge is 2.15. The lowest BCUT2D eigenvalue weighted by Crippen LogP contribution is -2.19. The van der Waals surface area contributed by atoms with Crippen LogP contribution in [0.4, 0.5) is 0 Å². The van der Waals surface area contributed by atoms with Crippen LogP contribution in [0.15, 0.2) is 0 Å². The second kappa shape index (κ2) is 14.8. The van der Waals surface area contributed by atoms with E-state index in [1.807, 2.05) is 0 Å². The molecule has 0 aliphatic carbocycles. The van der Waals surface area contributed by atoms with Crippen molar-refractivity contribution in [3.63, 3.8) is 0 Å². The van der Waals surface area contributed by atoms with Gasteiger partial charge in [0.25, 0.3) is 0 Å². The smallest absolute Gasteiger partial charge is 0.168 e. The highest BCUT2D eigenvalue weighted by molar-refractivity contribution is 8.28. The van der Waals surface area contributed by atoms with E-state index in [0.717, 1.165) is 13.0 Å². The molecule has 136 valence electrons. The molecular formula is C19H42O2S. The quantitative estimate of drug-likeness (QED) is 0.232. The van der Waals surface area contributed by atoms with Gasteiger partial charge in [-0.25, -0.2) is 0 Å². The average molecular weight is 335 g/mol. The van der Waals surface area contributed by atoms with Gasteiger partial charge >= 0.3 is 0 Å². The Morgan fingerprint density at radius 3 is 1.73 bits per heavy atom. The number of rotatable bonds is 16. The van der Waals surface area contributed by atoms with Crippen LogP contribution in [0.3, 0.4) is 0 Å². The lowest BCUT2D eigenvalue weighted by atomic mass is 10.1. The van der Waals surface area contributed by atoms with Gasteiger partial charge in [-0.15, -0.1) is 10.3 Å². The summed E-state index contributed by atoms with van der Waals surface area (Å²) < 4.78 is 12.2. The number of hydrogen-bond acceptors (Lipinski definition) is 2. The van der Waals surface area contributed by atoms with Crippen molar-refractivity contribution >= 4 is 10.3 Å². The van der Waals surface area contributed by atoms with Gasteiger partial charge in [0, 0.05) is 6.61 Å². The van der Waals surface area contributed by atoms with Crippen LogP contribution in [0.2, 0.25) is 0 Å². The minimum Gasteiger partial charge on any atom is -0.352 e. The molecule has 0 amide bonds. The first kappa shape index (κ1) is 22.3. The van der Waals surface area contributed by atoms with Gasteiger partial charge in [-0.1, -0.05) is 71.6 Å². The zero-order valence-electron chi connectivity index (χ0n) is 16.0. The molecule has 0 N–H and O–H groups in total. The molecule has 0 aliphatic rings. The molecule has 0 aromatic rings. The highest BCUT2D eigenvalue weighted by atomic mass is 32.3. The second-order valence-electron chi connectivity index (χ2n) is 7.09. The molecule has 0 saturated carbocycles. The Labute approximate surface area is 142 Å². The number of hydrogen-bond donors (Lipinski definition) is 0. The van der Waals surface area contributed by atoms with Gasteiger partial charge in [-0.05, 0) is 38.0 Å². The van der Waals surface area contributed by atoms with E-state index in [0.29, 0.717) is 0 Å². The Hall–Kier alpha value is 0.270. The van der Waals surface area contributed by atoms with E-state index < -0.39 is 10.3 Å². The fraction of sp³-hybridized carbons (Fsp3) is 1.00. The Morgan fingerprint density at radius 2 is 1.18 bits per heavy atom. The molecule has 2 nitrogen and oxygen atoms in total. The standard InChI is InChI=1S/C19H42O2S/c1-6-8-10-12-14-16-18-20-19(21-22(3,4)5)17-15-13-11-9-7-2/h19H,6-18H2,1-5H3. The van der Waals surface area contributed by atoms with Gasteiger partial charge in [0.2, 0.25) is 0 Å². The summed E-state index contributed by atoms with van der Waals surface area (Å²) in [5.41, 5.74) is 0. The van der Waals surface area contributed by atoms with Crippen LogP contribution in [0.5, 0.6) is 0 Å². The van der Waals surface area contributed by atoms with Crippen LogP contribution in [-0.4, -0.2) is 31.7 Å². The largest absolute Gasteiger partial charge is 0.352 e. The van der Waals surface area contributed by atoms with Gasteiger partial charge in [-0.2, -0.15) is 0 Å². The van der Waals surface area contributed by atoms with E-state index in [4.69, 9.17) is 8.92 Å². The van der Waals surface area contributed by atoms with Gasteiger partial charge < -0.3 is 8.92 Å². The van der Waals surface area contributed by atoms with Crippen molar-refractivity contribution in [3.05, 3.63) is 0 Å². The molecule has 0 bridgehead atoms. The zero-order chi connectivity index (χ0) is 16.7. The maximum absolute atomic E-state index is 6.15. The van der Waals surface area contributed by atoms with Crippen LogP contribution in [0, 0.1) is 0 Å². The zero-order valence-corrected chi connectivity index (χ0v) is 16.8. The van der Waals surface area contributed by atoms with Crippen LogP contribution < -0.4 is 0 Å².